The van der Waals surface area contributed by atoms with Crippen molar-refractivity contribution in [1.29, 1.82) is 0 Å². The van der Waals surface area contributed by atoms with Gasteiger partial charge in [0.05, 0.1) is 19.4 Å². The van der Waals surface area contributed by atoms with Gasteiger partial charge >= 0.3 is 0 Å². The zero-order chi connectivity index (χ0) is 22.9. The maximum absolute atomic E-state index is 14.3. The van der Waals surface area contributed by atoms with E-state index < -0.39 is 5.82 Å². The molecule has 2 aromatic carbocycles. The topological polar surface area (TPSA) is 63.7 Å². The fraction of sp³-hybridized carbons (Fsp3) is 0.231. The Morgan fingerprint density at radius 2 is 1.97 bits per heavy atom. The zero-order valence-electron chi connectivity index (χ0n) is 18.2. The summed E-state index contributed by atoms with van der Waals surface area (Å²) in [4.78, 5) is 18.5. The summed E-state index contributed by atoms with van der Waals surface area (Å²) in [5.74, 6) is -0.210. The second kappa shape index (κ2) is 11.4. The van der Waals surface area contributed by atoms with E-state index in [1.165, 1.54) is 30.0 Å². The van der Waals surface area contributed by atoms with Gasteiger partial charge in [0, 0.05) is 38.5 Å². The molecule has 0 aliphatic carbocycles. The molecule has 1 aliphatic heterocycles. The van der Waals surface area contributed by atoms with Crippen molar-refractivity contribution >= 4 is 12.0 Å². The molecule has 1 N–H and O–H groups in total. The summed E-state index contributed by atoms with van der Waals surface area (Å²) in [6.45, 7) is 4.70. The van der Waals surface area contributed by atoms with E-state index in [1.807, 2.05) is 12.1 Å². The summed E-state index contributed by atoms with van der Waals surface area (Å²) in [5.41, 5.74) is 2.81. The molecule has 2 heterocycles. The lowest BCUT2D eigenvalue weighted by atomic mass is 10.1. The number of hydrogen-bond acceptors (Lipinski definition) is 5. The summed E-state index contributed by atoms with van der Waals surface area (Å²) in [5, 5.41) is 2.87. The van der Waals surface area contributed by atoms with Crippen molar-refractivity contribution in [3.8, 4) is 11.5 Å². The number of halogens is 1. The number of aromatic nitrogens is 1. The van der Waals surface area contributed by atoms with Crippen LogP contribution in [0.5, 0.6) is 11.5 Å². The predicted octanol–water partition coefficient (Wildman–Crippen LogP) is 4.17. The molecule has 0 unspecified atom stereocenters. The average molecular weight is 448 g/mol. The molecule has 6 nitrogen and oxygen atoms in total. The van der Waals surface area contributed by atoms with Crippen LogP contribution in [0.1, 0.15) is 16.7 Å². The van der Waals surface area contributed by atoms with E-state index in [0.717, 1.165) is 38.4 Å². The third-order valence-electron chi connectivity index (χ3n) is 5.21. The number of morpholine rings is 1. The van der Waals surface area contributed by atoms with E-state index in [-0.39, 0.29) is 11.7 Å². The van der Waals surface area contributed by atoms with Gasteiger partial charge in [0.1, 0.15) is 5.75 Å². The number of pyridine rings is 1. The van der Waals surface area contributed by atoms with Crippen molar-refractivity contribution in [2.45, 2.75) is 13.1 Å². The first-order valence-electron chi connectivity index (χ1n) is 10.9. The Balaban J connectivity index is 1.28. The Kier molecular flexibility index (Phi) is 7.79. The number of benzene rings is 2. The highest BCUT2D eigenvalue weighted by molar-refractivity contribution is 5.91. The minimum Gasteiger partial charge on any atom is -0.453 e. The number of rotatable bonds is 8. The lowest BCUT2D eigenvalue weighted by molar-refractivity contribution is -0.116. The van der Waals surface area contributed by atoms with Crippen LogP contribution >= 0.6 is 0 Å². The zero-order valence-corrected chi connectivity index (χ0v) is 18.2. The summed E-state index contributed by atoms with van der Waals surface area (Å²) < 4.78 is 25.2. The molecule has 0 atom stereocenters. The molecular weight excluding hydrogens is 421 g/mol. The van der Waals surface area contributed by atoms with Gasteiger partial charge in [0.25, 0.3) is 0 Å². The highest BCUT2D eigenvalue weighted by Crippen LogP contribution is 2.24. The first-order chi connectivity index (χ1) is 16.2. The lowest BCUT2D eigenvalue weighted by Gasteiger charge is -2.26. The molecule has 1 amide bonds. The molecule has 1 saturated heterocycles. The van der Waals surface area contributed by atoms with E-state index in [4.69, 9.17) is 9.47 Å². The van der Waals surface area contributed by atoms with Crippen molar-refractivity contribution in [2.24, 2.45) is 0 Å². The largest absolute Gasteiger partial charge is 0.453 e. The second-order valence-corrected chi connectivity index (χ2v) is 7.74. The van der Waals surface area contributed by atoms with Crippen molar-refractivity contribution < 1.29 is 18.7 Å². The van der Waals surface area contributed by atoms with Gasteiger partial charge < -0.3 is 14.8 Å². The van der Waals surface area contributed by atoms with Gasteiger partial charge in [-0.3, -0.25) is 14.7 Å². The fourth-order valence-corrected chi connectivity index (χ4v) is 3.51. The minimum atomic E-state index is -0.515. The first-order valence-corrected chi connectivity index (χ1v) is 10.9. The van der Waals surface area contributed by atoms with E-state index in [2.05, 4.69) is 27.3 Å². The van der Waals surface area contributed by atoms with Crippen LogP contribution < -0.4 is 10.1 Å². The predicted molar refractivity (Wildman–Crippen MR) is 124 cm³/mol. The Bertz CT molecular complexity index is 1100. The molecular formula is C26H26FN3O3. The molecule has 0 spiro atoms. The van der Waals surface area contributed by atoms with Crippen LogP contribution in [0.2, 0.25) is 0 Å². The van der Waals surface area contributed by atoms with E-state index in [1.54, 1.807) is 30.5 Å². The molecule has 170 valence electrons. The molecule has 0 saturated carbocycles. The maximum atomic E-state index is 14.3. The van der Waals surface area contributed by atoms with Gasteiger partial charge in [-0.2, -0.15) is 0 Å². The Hall–Kier alpha value is -3.55. The van der Waals surface area contributed by atoms with Gasteiger partial charge in [0.2, 0.25) is 5.91 Å². The van der Waals surface area contributed by atoms with Gasteiger partial charge in [-0.1, -0.05) is 30.3 Å². The maximum Gasteiger partial charge on any atom is 0.244 e. The van der Waals surface area contributed by atoms with Crippen molar-refractivity contribution in [3.05, 3.63) is 95.6 Å². The third-order valence-corrected chi connectivity index (χ3v) is 5.21. The molecule has 3 aromatic rings. The van der Waals surface area contributed by atoms with E-state index in [0.29, 0.717) is 17.9 Å². The number of hydrogen-bond donors (Lipinski definition) is 1. The number of carbonyl (C=O) groups excluding carboxylic acids is 1. The van der Waals surface area contributed by atoms with Crippen LogP contribution in [-0.4, -0.2) is 42.1 Å². The molecule has 1 aromatic heterocycles. The van der Waals surface area contributed by atoms with Crippen LogP contribution in [0.3, 0.4) is 0 Å². The van der Waals surface area contributed by atoms with Crippen LogP contribution in [0.25, 0.3) is 6.08 Å². The van der Waals surface area contributed by atoms with Crippen LogP contribution in [-0.2, 0) is 22.6 Å². The summed E-state index contributed by atoms with van der Waals surface area (Å²) in [7, 11) is 0. The summed E-state index contributed by atoms with van der Waals surface area (Å²) in [6, 6.07) is 16.1. The highest BCUT2D eigenvalue weighted by Gasteiger charge is 2.11. The fourth-order valence-electron chi connectivity index (χ4n) is 3.51. The number of nitrogens with one attached hydrogen (secondary N) is 1. The number of ether oxygens (including phenoxy) is 2. The first kappa shape index (κ1) is 22.6. The molecule has 7 heteroatoms. The smallest absolute Gasteiger partial charge is 0.244 e. The SMILES string of the molecule is O=C(/C=C/c1ccc(Oc2cccnc2)c(F)c1)NCc1cccc(CN2CCOCC2)c1. The Labute approximate surface area is 192 Å². The third kappa shape index (κ3) is 6.97. The standard InChI is InChI=1S/C26H26FN3O3/c27-24-16-20(6-8-25(24)33-23-5-2-10-28-18-23)7-9-26(31)29-17-21-3-1-4-22(15-21)19-30-11-13-32-14-12-30/h1-10,15-16,18H,11-14,17,19H2,(H,29,31)/b9-7+. The van der Waals surface area contributed by atoms with Crippen LogP contribution in [0.15, 0.2) is 73.1 Å². The number of carbonyl (C=O) groups is 1. The minimum absolute atomic E-state index is 0.0987. The van der Waals surface area contributed by atoms with Crippen molar-refractivity contribution in [2.75, 3.05) is 26.3 Å². The van der Waals surface area contributed by atoms with E-state index in [9.17, 15) is 9.18 Å². The number of amides is 1. The van der Waals surface area contributed by atoms with Crippen molar-refractivity contribution in [3.63, 3.8) is 0 Å². The normalized spacial score (nSPS) is 14.3. The van der Waals surface area contributed by atoms with Gasteiger partial charge in [-0.15, -0.1) is 0 Å². The molecule has 33 heavy (non-hydrogen) atoms. The van der Waals surface area contributed by atoms with Gasteiger partial charge in [-0.05, 0) is 47.0 Å². The average Bonchev–Trinajstić information content (AvgIpc) is 2.84. The monoisotopic (exact) mass is 447 g/mol. The summed E-state index contributed by atoms with van der Waals surface area (Å²) in [6.07, 6.45) is 6.09. The Morgan fingerprint density at radius 1 is 1.12 bits per heavy atom. The van der Waals surface area contributed by atoms with Crippen molar-refractivity contribution in [1.82, 2.24) is 15.2 Å². The molecule has 0 bridgehead atoms. The molecule has 1 fully saturated rings. The van der Waals surface area contributed by atoms with E-state index >= 15 is 0 Å². The van der Waals surface area contributed by atoms with Gasteiger partial charge in [0.15, 0.2) is 11.6 Å². The number of nitrogens with zero attached hydrogens (tertiary/aromatic N) is 2. The van der Waals surface area contributed by atoms with Crippen LogP contribution in [0.4, 0.5) is 4.39 Å². The second-order valence-electron chi connectivity index (χ2n) is 7.74. The van der Waals surface area contributed by atoms with Gasteiger partial charge in [-0.25, -0.2) is 4.39 Å². The molecule has 0 radical (unpaired) electrons. The highest BCUT2D eigenvalue weighted by atomic mass is 19.1. The van der Waals surface area contributed by atoms with Crippen LogP contribution in [0, 0.1) is 5.82 Å². The molecule has 4 rings (SSSR count). The lowest BCUT2D eigenvalue weighted by Crippen LogP contribution is -2.35. The quantitative estimate of drug-likeness (QED) is 0.525. The Morgan fingerprint density at radius 3 is 2.76 bits per heavy atom. The summed E-state index contributed by atoms with van der Waals surface area (Å²) >= 11 is 0. The molecule has 1 aliphatic rings.